The van der Waals surface area contributed by atoms with Crippen molar-refractivity contribution in [3.63, 3.8) is 0 Å². The van der Waals surface area contributed by atoms with E-state index in [1.165, 1.54) is 7.05 Å². The predicted octanol–water partition coefficient (Wildman–Crippen LogP) is -3.30. The Labute approximate surface area is 233 Å². The Hall–Kier alpha value is -3.57. The molecule has 9 atom stereocenters. The van der Waals surface area contributed by atoms with Gasteiger partial charge >= 0.3 is 5.69 Å². The number of carbonyl (C=O) groups excluding carboxylic acids is 3. The van der Waals surface area contributed by atoms with Crippen LogP contribution in [0.5, 0.6) is 0 Å². The first-order valence-electron chi connectivity index (χ1n) is 13.3. The van der Waals surface area contributed by atoms with E-state index >= 15 is 0 Å². The number of hydrogen-bond donors (Lipinski definition) is 7. The van der Waals surface area contributed by atoms with E-state index in [1.54, 1.807) is 0 Å². The zero-order valence-electron chi connectivity index (χ0n) is 22.5. The van der Waals surface area contributed by atoms with Gasteiger partial charge in [-0.1, -0.05) is 0 Å². The van der Waals surface area contributed by atoms with Crippen molar-refractivity contribution in [2.24, 2.45) is 5.92 Å². The molecule has 0 bridgehead atoms. The Bertz CT molecular complexity index is 1280. The van der Waals surface area contributed by atoms with Crippen molar-refractivity contribution >= 4 is 17.7 Å². The Kier molecular flexibility index (Phi) is 9.60. The number of aliphatic hydroxyl groups is 3. The van der Waals surface area contributed by atoms with Gasteiger partial charge < -0.3 is 45.5 Å². The summed E-state index contributed by atoms with van der Waals surface area (Å²) in [5, 5.41) is 39.1. The van der Waals surface area contributed by atoms with Crippen molar-refractivity contribution in [1.82, 2.24) is 25.5 Å². The maximum atomic E-state index is 12.9. The summed E-state index contributed by atoms with van der Waals surface area (Å²) < 4.78 is 18.2. The van der Waals surface area contributed by atoms with Gasteiger partial charge in [-0.2, -0.15) is 0 Å². The summed E-state index contributed by atoms with van der Waals surface area (Å²) in [5.41, 5.74) is -1.55. The second-order valence-corrected chi connectivity index (χ2v) is 10.3. The number of aromatic amines is 1. The SMILES string of the molecule is CNC(=O)[C@H](O[C@@H]1C[C@@H](O)C=C(C(=O)N[C@H]2CCC[C@@H](C)NC2=O)O1)[C@H]1O[C@@H](n2ccc(=O)[nH]c2=O)[C@H](O)[C@@H]1CO. The number of aromatic nitrogens is 2. The van der Waals surface area contributed by atoms with Gasteiger partial charge in [-0.05, 0) is 32.3 Å². The van der Waals surface area contributed by atoms with Gasteiger partial charge in [-0.15, -0.1) is 0 Å². The fraction of sp³-hybridized carbons (Fsp3) is 0.640. The first-order chi connectivity index (χ1) is 19.5. The van der Waals surface area contributed by atoms with Crippen molar-refractivity contribution in [1.29, 1.82) is 0 Å². The molecule has 4 heterocycles. The smallest absolute Gasteiger partial charge is 0.330 e. The average Bonchev–Trinajstić information content (AvgIpc) is 3.16. The lowest BCUT2D eigenvalue weighted by molar-refractivity contribution is -0.206. The quantitative estimate of drug-likeness (QED) is 0.161. The summed E-state index contributed by atoms with van der Waals surface area (Å²) in [6.45, 7) is 1.20. The van der Waals surface area contributed by atoms with Crippen molar-refractivity contribution in [2.45, 2.75) is 81.6 Å². The maximum absolute atomic E-state index is 12.9. The molecule has 0 unspecified atom stereocenters. The van der Waals surface area contributed by atoms with E-state index < -0.39 is 78.6 Å². The molecule has 3 amide bonds. The number of H-pyrrole nitrogens is 1. The Morgan fingerprint density at radius 2 is 2.00 bits per heavy atom. The van der Waals surface area contributed by atoms with Crippen LogP contribution in [0.2, 0.25) is 0 Å². The molecule has 7 N–H and O–H groups in total. The molecular formula is C25H35N5O11. The zero-order valence-corrected chi connectivity index (χ0v) is 22.5. The van der Waals surface area contributed by atoms with Crippen LogP contribution in [0.15, 0.2) is 33.7 Å². The molecule has 226 valence electrons. The molecule has 0 aliphatic carbocycles. The number of nitrogens with zero attached hydrogens (tertiary/aromatic N) is 1. The van der Waals surface area contributed by atoms with E-state index in [1.807, 2.05) is 11.9 Å². The summed E-state index contributed by atoms with van der Waals surface area (Å²) in [7, 11) is 1.32. The van der Waals surface area contributed by atoms with Crippen molar-refractivity contribution in [2.75, 3.05) is 13.7 Å². The largest absolute Gasteiger partial charge is 0.459 e. The summed E-state index contributed by atoms with van der Waals surface area (Å²) in [6, 6.07) is 0.208. The van der Waals surface area contributed by atoms with Crippen molar-refractivity contribution < 1.29 is 43.9 Å². The van der Waals surface area contributed by atoms with Gasteiger partial charge in [-0.25, -0.2) is 4.79 Å². The van der Waals surface area contributed by atoms with Crippen LogP contribution < -0.4 is 27.2 Å². The van der Waals surface area contributed by atoms with E-state index in [9.17, 15) is 39.3 Å². The molecule has 4 rings (SSSR count). The highest BCUT2D eigenvalue weighted by molar-refractivity contribution is 5.95. The summed E-state index contributed by atoms with van der Waals surface area (Å²) in [5.74, 6) is -3.28. The van der Waals surface area contributed by atoms with Crippen LogP contribution in [0.25, 0.3) is 0 Å². The van der Waals surface area contributed by atoms with E-state index in [0.29, 0.717) is 12.8 Å². The highest BCUT2D eigenvalue weighted by Gasteiger charge is 2.51. The van der Waals surface area contributed by atoms with E-state index in [-0.39, 0.29) is 24.1 Å². The number of likely N-dealkylation sites (N-methyl/N-ethyl adjacent to an activating group) is 1. The third-order valence-electron chi connectivity index (χ3n) is 7.29. The predicted molar refractivity (Wildman–Crippen MR) is 138 cm³/mol. The molecule has 0 radical (unpaired) electrons. The van der Waals surface area contributed by atoms with Gasteiger partial charge in [-0.3, -0.25) is 28.7 Å². The fourth-order valence-electron chi connectivity index (χ4n) is 5.13. The van der Waals surface area contributed by atoms with Gasteiger partial charge in [0.1, 0.15) is 18.2 Å². The summed E-state index contributed by atoms with van der Waals surface area (Å²) in [4.78, 5) is 64.1. The van der Waals surface area contributed by atoms with Crippen molar-refractivity contribution in [3.05, 3.63) is 44.9 Å². The van der Waals surface area contributed by atoms with E-state index in [4.69, 9.17) is 14.2 Å². The second-order valence-electron chi connectivity index (χ2n) is 10.3. The number of hydrogen-bond acceptors (Lipinski definition) is 11. The molecule has 2 saturated heterocycles. The second kappa shape index (κ2) is 12.9. The molecule has 1 aromatic rings. The van der Waals surface area contributed by atoms with Gasteiger partial charge in [0, 0.05) is 37.7 Å². The van der Waals surface area contributed by atoms with Crippen LogP contribution in [0, 0.1) is 5.92 Å². The van der Waals surface area contributed by atoms with E-state index in [0.717, 1.165) is 29.3 Å². The molecule has 16 heteroatoms. The van der Waals surface area contributed by atoms with E-state index in [2.05, 4.69) is 16.0 Å². The summed E-state index contributed by atoms with van der Waals surface area (Å²) in [6.07, 6.45) is -4.33. The molecule has 3 aliphatic heterocycles. The van der Waals surface area contributed by atoms with Crippen molar-refractivity contribution in [3.8, 4) is 0 Å². The number of rotatable bonds is 8. The van der Waals surface area contributed by atoms with Crippen LogP contribution in [0.4, 0.5) is 0 Å². The fourth-order valence-corrected chi connectivity index (χ4v) is 5.13. The van der Waals surface area contributed by atoms with Gasteiger partial charge in [0.25, 0.3) is 17.4 Å². The van der Waals surface area contributed by atoms with Crippen LogP contribution in [0.3, 0.4) is 0 Å². The minimum Gasteiger partial charge on any atom is -0.459 e. The average molecular weight is 582 g/mol. The number of aliphatic hydroxyl groups excluding tert-OH is 3. The topological polar surface area (TPSA) is 231 Å². The molecule has 0 saturated carbocycles. The highest BCUT2D eigenvalue weighted by Crippen LogP contribution is 2.36. The van der Waals surface area contributed by atoms with Crippen LogP contribution in [-0.2, 0) is 28.6 Å². The van der Waals surface area contributed by atoms with Gasteiger partial charge in [0.05, 0.1) is 12.7 Å². The summed E-state index contributed by atoms with van der Waals surface area (Å²) >= 11 is 0. The Morgan fingerprint density at radius 1 is 1.24 bits per heavy atom. The lowest BCUT2D eigenvalue weighted by Crippen LogP contribution is -2.50. The van der Waals surface area contributed by atoms with Crippen LogP contribution >= 0.6 is 0 Å². The highest BCUT2D eigenvalue weighted by atomic mass is 16.7. The third kappa shape index (κ3) is 6.84. The number of nitrogens with one attached hydrogen (secondary N) is 4. The molecular weight excluding hydrogens is 546 g/mol. The van der Waals surface area contributed by atoms with Gasteiger partial charge in [0.15, 0.2) is 18.1 Å². The molecule has 0 aromatic carbocycles. The first-order valence-corrected chi connectivity index (χ1v) is 13.3. The normalized spacial score (nSPS) is 32.6. The van der Waals surface area contributed by atoms with Crippen LogP contribution in [-0.4, -0.2) is 99.0 Å². The third-order valence-corrected chi connectivity index (χ3v) is 7.29. The lowest BCUT2D eigenvalue weighted by Gasteiger charge is -2.33. The monoisotopic (exact) mass is 581 g/mol. The van der Waals surface area contributed by atoms with Crippen LogP contribution in [0.1, 0.15) is 38.8 Å². The molecule has 1 aromatic heterocycles. The Morgan fingerprint density at radius 3 is 2.68 bits per heavy atom. The number of carbonyl (C=O) groups is 3. The number of amides is 3. The minimum atomic E-state index is -1.54. The zero-order chi connectivity index (χ0) is 29.8. The molecule has 0 spiro atoms. The number of ether oxygens (including phenoxy) is 3. The van der Waals surface area contributed by atoms with Gasteiger partial charge in [0.2, 0.25) is 12.2 Å². The first kappa shape index (κ1) is 30.4. The molecule has 16 nitrogen and oxygen atoms in total. The molecule has 41 heavy (non-hydrogen) atoms. The standard InChI is InChI=1S/C25H35N5O11/c1-11-4-3-5-14(21(35)27-11)28-22(36)15-8-12(32)9-17(39-15)40-20(23(37)26-2)19-13(10-31)18(34)24(41-19)30-7-6-16(33)29-25(30)38/h6-8,11-14,17-20,24,31-32,34H,3-5,9-10H2,1-2H3,(H,26,37)(H,27,35)(H,28,36)(H,29,33,38)/t11-,12+,13+,14+,17-,18-,19+,20-,24-/m1/s1. The maximum Gasteiger partial charge on any atom is 0.330 e. The minimum absolute atomic E-state index is 0.0303. The Balaban J connectivity index is 1.50. The molecule has 2 fully saturated rings. The lowest BCUT2D eigenvalue weighted by atomic mass is 9.94. The molecule has 3 aliphatic rings.